The average molecular weight is 256 g/mol. The number of Topliss-reactive ketones (excluding diaryl/α,β-unsaturated/α-hetero) is 1. The van der Waals surface area contributed by atoms with Gasteiger partial charge in [-0.1, -0.05) is 18.0 Å². The molecule has 0 unspecified atom stereocenters. The number of carbonyl (C=O) groups is 2. The summed E-state index contributed by atoms with van der Waals surface area (Å²) in [6, 6.07) is 0. The van der Waals surface area contributed by atoms with Gasteiger partial charge in [-0.2, -0.15) is 0 Å². The number of hydrogen-bond acceptors (Lipinski definition) is 2. The molecular weight excluding hydrogens is 238 g/mol. The van der Waals surface area contributed by atoms with Crippen molar-refractivity contribution in [3.8, 4) is 0 Å². The van der Waals surface area contributed by atoms with Crippen molar-refractivity contribution >= 4 is 23.3 Å². The van der Waals surface area contributed by atoms with Crippen LogP contribution in [0.25, 0.3) is 0 Å². The smallest absolute Gasteiger partial charge is 0.229 e. The van der Waals surface area contributed by atoms with Crippen LogP contribution >= 0.6 is 11.6 Å². The first-order valence-electron chi connectivity index (χ1n) is 6.28. The van der Waals surface area contributed by atoms with Gasteiger partial charge in [-0.3, -0.25) is 9.59 Å². The maximum atomic E-state index is 12.2. The minimum atomic E-state index is -0.153. The van der Waals surface area contributed by atoms with E-state index < -0.39 is 0 Å². The van der Waals surface area contributed by atoms with Crippen LogP contribution in [0.15, 0.2) is 10.6 Å². The first-order valence-corrected chi connectivity index (χ1v) is 6.65. The van der Waals surface area contributed by atoms with Gasteiger partial charge < -0.3 is 4.90 Å². The van der Waals surface area contributed by atoms with Crippen molar-refractivity contribution in [2.45, 2.75) is 38.5 Å². The molecule has 1 atom stereocenters. The second-order valence-electron chi connectivity index (χ2n) is 4.92. The van der Waals surface area contributed by atoms with Crippen molar-refractivity contribution in [2.24, 2.45) is 5.92 Å². The van der Waals surface area contributed by atoms with Crippen LogP contribution in [0.2, 0.25) is 0 Å². The van der Waals surface area contributed by atoms with Gasteiger partial charge >= 0.3 is 0 Å². The molecule has 1 amide bonds. The molecular formula is C13H18ClNO2. The number of allylic oxidation sites excluding steroid dienone is 1. The summed E-state index contributed by atoms with van der Waals surface area (Å²) in [7, 11) is 1.83. The lowest BCUT2D eigenvalue weighted by molar-refractivity contribution is -0.132. The fourth-order valence-electron chi connectivity index (χ4n) is 2.69. The van der Waals surface area contributed by atoms with E-state index in [0.29, 0.717) is 11.5 Å². The van der Waals surface area contributed by atoms with Gasteiger partial charge in [0.2, 0.25) is 5.91 Å². The van der Waals surface area contributed by atoms with E-state index >= 15 is 0 Å². The first kappa shape index (κ1) is 12.6. The van der Waals surface area contributed by atoms with Gasteiger partial charge in [-0.05, 0) is 31.3 Å². The SMILES string of the molecule is CN1CCCC[C@@H](C2=C(Cl)C(=O)CCC2)C1=O. The largest absolute Gasteiger partial charge is 0.345 e. The van der Waals surface area contributed by atoms with Crippen molar-refractivity contribution in [3.63, 3.8) is 0 Å². The molecule has 0 bridgehead atoms. The average Bonchev–Trinajstić information content (AvgIpc) is 2.47. The predicted molar refractivity (Wildman–Crippen MR) is 66.7 cm³/mol. The van der Waals surface area contributed by atoms with E-state index in [9.17, 15) is 9.59 Å². The van der Waals surface area contributed by atoms with Crippen LogP contribution in [0.4, 0.5) is 0 Å². The van der Waals surface area contributed by atoms with Crippen molar-refractivity contribution in [2.75, 3.05) is 13.6 Å². The topological polar surface area (TPSA) is 37.4 Å². The number of nitrogens with zero attached hydrogens (tertiary/aromatic N) is 1. The highest BCUT2D eigenvalue weighted by Crippen LogP contribution is 2.34. The standard InChI is InChI=1S/C13H18ClNO2/c1-15-8-3-2-5-10(13(15)17)9-6-4-7-11(16)12(9)14/h10H,2-8H2,1H3/t10-/m0/s1. The monoisotopic (exact) mass is 255 g/mol. The van der Waals surface area contributed by atoms with Crippen LogP contribution in [0, 0.1) is 5.92 Å². The highest BCUT2D eigenvalue weighted by Gasteiger charge is 2.32. The second-order valence-corrected chi connectivity index (χ2v) is 5.30. The van der Waals surface area contributed by atoms with E-state index in [1.54, 1.807) is 4.90 Å². The van der Waals surface area contributed by atoms with Gasteiger partial charge in [-0.15, -0.1) is 0 Å². The molecule has 3 nitrogen and oxygen atoms in total. The molecule has 1 aliphatic heterocycles. The minimum absolute atomic E-state index is 0.00705. The van der Waals surface area contributed by atoms with Crippen molar-refractivity contribution in [1.82, 2.24) is 4.90 Å². The van der Waals surface area contributed by atoms with Crippen molar-refractivity contribution in [3.05, 3.63) is 10.6 Å². The number of rotatable bonds is 1. The lowest BCUT2D eigenvalue weighted by Crippen LogP contribution is -2.33. The molecule has 17 heavy (non-hydrogen) atoms. The zero-order valence-electron chi connectivity index (χ0n) is 10.2. The molecule has 0 aromatic carbocycles. The van der Waals surface area contributed by atoms with E-state index in [2.05, 4.69) is 0 Å². The summed E-state index contributed by atoms with van der Waals surface area (Å²) in [5, 5.41) is 0.338. The van der Waals surface area contributed by atoms with Gasteiger partial charge in [0.1, 0.15) is 0 Å². The fraction of sp³-hybridized carbons (Fsp3) is 0.692. The molecule has 0 N–H and O–H groups in total. The van der Waals surface area contributed by atoms with Crippen LogP contribution in [0.3, 0.4) is 0 Å². The summed E-state index contributed by atoms with van der Waals surface area (Å²) in [6.45, 7) is 0.814. The van der Waals surface area contributed by atoms with Crippen LogP contribution < -0.4 is 0 Å². The van der Waals surface area contributed by atoms with Crippen LogP contribution in [0.5, 0.6) is 0 Å². The number of halogens is 1. The Balaban J connectivity index is 2.28. The van der Waals surface area contributed by atoms with E-state index in [0.717, 1.165) is 44.2 Å². The van der Waals surface area contributed by atoms with E-state index in [4.69, 9.17) is 11.6 Å². The van der Waals surface area contributed by atoms with Crippen molar-refractivity contribution in [1.29, 1.82) is 0 Å². The van der Waals surface area contributed by atoms with E-state index in [1.807, 2.05) is 7.05 Å². The zero-order chi connectivity index (χ0) is 12.4. The molecule has 2 aliphatic rings. The van der Waals surface area contributed by atoms with Gasteiger partial charge in [0.05, 0.1) is 11.0 Å². The predicted octanol–water partition coefficient (Wildman–Crippen LogP) is 2.49. The van der Waals surface area contributed by atoms with Gasteiger partial charge in [-0.25, -0.2) is 0 Å². The molecule has 0 aromatic heterocycles. The number of amides is 1. The van der Waals surface area contributed by atoms with Crippen molar-refractivity contribution < 1.29 is 9.59 Å². The number of ketones is 1. The van der Waals surface area contributed by atoms with Crippen LogP contribution in [-0.2, 0) is 9.59 Å². The Morgan fingerprint density at radius 3 is 2.71 bits per heavy atom. The minimum Gasteiger partial charge on any atom is -0.345 e. The van der Waals surface area contributed by atoms with Gasteiger partial charge in [0, 0.05) is 20.0 Å². The Bertz CT molecular complexity index is 376. The molecule has 0 spiro atoms. The maximum Gasteiger partial charge on any atom is 0.229 e. The molecule has 0 aromatic rings. The molecule has 0 radical (unpaired) electrons. The van der Waals surface area contributed by atoms with E-state index in [-0.39, 0.29) is 17.6 Å². The second kappa shape index (κ2) is 5.21. The first-order chi connectivity index (χ1) is 8.11. The third-order valence-corrected chi connectivity index (χ3v) is 4.16. The van der Waals surface area contributed by atoms with E-state index in [1.165, 1.54) is 0 Å². The molecule has 94 valence electrons. The molecule has 4 heteroatoms. The normalized spacial score (nSPS) is 27.4. The summed E-state index contributed by atoms with van der Waals surface area (Å²) in [6.07, 6.45) is 5.06. The Labute approximate surface area is 107 Å². The summed E-state index contributed by atoms with van der Waals surface area (Å²) in [4.78, 5) is 25.6. The number of hydrogen-bond donors (Lipinski definition) is 0. The summed E-state index contributed by atoms with van der Waals surface area (Å²) >= 11 is 6.09. The lowest BCUT2D eigenvalue weighted by atomic mass is 9.85. The molecule has 1 aliphatic carbocycles. The Kier molecular flexibility index (Phi) is 3.87. The summed E-state index contributed by atoms with van der Waals surface area (Å²) in [5.41, 5.74) is 0.890. The quantitative estimate of drug-likeness (QED) is 0.722. The Hall–Kier alpha value is -0.830. The van der Waals surface area contributed by atoms with Gasteiger partial charge in [0.15, 0.2) is 5.78 Å². The Morgan fingerprint density at radius 1 is 1.18 bits per heavy atom. The molecule has 2 rings (SSSR count). The Morgan fingerprint density at radius 2 is 1.94 bits per heavy atom. The summed E-state index contributed by atoms with van der Waals surface area (Å²) in [5.74, 6) is -0.0165. The maximum absolute atomic E-state index is 12.2. The molecule has 0 saturated carbocycles. The summed E-state index contributed by atoms with van der Waals surface area (Å²) < 4.78 is 0. The molecule has 1 fully saturated rings. The van der Waals surface area contributed by atoms with Gasteiger partial charge in [0.25, 0.3) is 0 Å². The number of carbonyl (C=O) groups excluding carboxylic acids is 2. The lowest BCUT2D eigenvalue weighted by Gasteiger charge is -2.25. The van der Waals surface area contributed by atoms with Crippen LogP contribution in [-0.4, -0.2) is 30.2 Å². The molecule has 1 saturated heterocycles. The fourth-order valence-corrected chi connectivity index (χ4v) is 3.01. The third kappa shape index (κ3) is 2.54. The highest BCUT2D eigenvalue weighted by molar-refractivity contribution is 6.43. The zero-order valence-corrected chi connectivity index (χ0v) is 10.9. The highest BCUT2D eigenvalue weighted by atomic mass is 35.5. The number of likely N-dealkylation sites (tertiary alicyclic amines) is 1. The molecule has 1 heterocycles. The third-order valence-electron chi connectivity index (χ3n) is 3.71. The van der Waals surface area contributed by atoms with Crippen LogP contribution in [0.1, 0.15) is 38.5 Å².